The molecule has 0 saturated carbocycles. The summed E-state index contributed by atoms with van der Waals surface area (Å²) < 4.78 is 83.7. The first-order chi connectivity index (χ1) is 22.3. The van der Waals surface area contributed by atoms with Crippen LogP contribution in [0, 0.1) is 5.82 Å². The highest BCUT2D eigenvalue weighted by Gasteiger charge is 2.40. The summed E-state index contributed by atoms with van der Waals surface area (Å²) in [7, 11) is 1.77. The smallest absolute Gasteiger partial charge is 0.431 e. The minimum atomic E-state index is -5.07. The molecule has 4 aliphatic heterocycles. The summed E-state index contributed by atoms with van der Waals surface area (Å²) in [5, 5.41) is 14.1. The molecule has 2 bridgehead atoms. The van der Waals surface area contributed by atoms with Crippen molar-refractivity contribution in [3.05, 3.63) is 57.8 Å². The van der Waals surface area contributed by atoms with Crippen LogP contribution in [0.2, 0.25) is 0 Å². The number of rotatable bonds is 6. The van der Waals surface area contributed by atoms with E-state index in [-0.39, 0.29) is 51.7 Å². The molecule has 3 atom stereocenters. The summed E-state index contributed by atoms with van der Waals surface area (Å²) in [4.78, 5) is 26.9. The number of aromatic hydroxyl groups is 1. The predicted octanol–water partition coefficient (Wildman–Crippen LogP) is 4.77. The first-order valence-electron chi connectivity index (χ1n) is 16.2. The van der Waals surface area contributed by atoms with E-state index in [1.54, 1.807) is 14.0 Å². The Kier molecular flexibility index (Phi) is 6.76. The van der Waals surface area contributed by atoms with Crippen molar-refractivity contribution >= 4 is 27.5 Å². The fourth-order valence-corrected chi connectivity index (χ4v) is 7.01. The molecule has 4 aliphatic rings. The standard InChI is InChI=1S/C32H34F4N6O3/c1-3-22-24(33)9-6-17-11-21(43)12-25(27(17)22)42-26(32(34,35)36)13-23-28(30(42)44)38-31(45-16-20-5-4-10-40(20)2)39-29(23)41-15-18-7-8-19(41)14-37-18/h6,9,11-13,18-20,37,43H,3-5,7-8,10,14-16H2,1-2H3/t18?,19?,20-/m0/s1/i16D2. The lowest BCUT2D eigenvalue weighted by Crippen LogP contribution is -2.61. The van der Waals surface area contributed by atoms with Crippen LogP contribution >= 0.6 is 0 Å². The Hall–Kier alpha value is -3.97. The first kappa shape index (κ1) is 27.3. The van der Waals surface area contributed by atoms with E-state index in [0.29, 0.717) is 30.6 Å². The van der Waals surface area contributed by atoms with Gasteiger partial charge in [0.15, 0.2) is 0 Å². The summed E-state index contributed by atoms with van der Waals surface area (Å²) in [6.45, 7) is 0.990. The van der Waals surface area contributed by atoms with Crippen LogP contribution in [-0.2, 0) is 12.6 Å². The fourth-order valence-electron chi connectivity index (χ4n) is 7.01. The van der Waals surface area contributed by atoms with Gasteiger partial charge < -0.3 is 25.0 Å². The lowest BCUT2D eigenvalue weighted by molar-refractivity contribution is -0.142. The molecule has 2 aromatic carbocycles. The maximum absolute atomic E-state index is 15.0. The topological polar surface area (TPSA) is 95.8 Å². The van der Waals surface area contributed by atoms with Crippen molar-refractivity contribution in [1.29, 1.82) is 0 Å². The number of fused-ring (bicyclic) bond motifs is 5. The normalized spacial score (nSPS) is 23.2. The Morgan fingerprint density at radius 2 is 2.00 bits per heavy atom. The molecule has 238 valence electrons. The van der Waals surface area contributed by atoms with Gasteiger partial charge in [-0.25, -0.2) is 4.39 Å². The number of aryl methyl sites for hydroxylation is 1. The molecule has 4 fully saturated rings. The molecule has 2 unspecified atom stereocenters. The number of alkyl halides is 3. The van der Waals surface area contributed by atoms with Crippen LogP contribution in [0.3, 0.4) is 0 Å². The van der Waals surface area contributed by atoms with E-state index in [0.717, 1.165) is 37.5 Å². The summed E-state index contributed by atoms with van der Waals surface area (Å²) in [5.74, 6) is -1.03. The minimum Gasteiger partial charge on any atom is -0.508 e. The molecule has 4 saturated heterocycles. The highest BCUT2D eigenvalue weighted by Crippen LogP contribution is 2.39. The monoisotopic (exact) mass is 628 g/mol. The maximum atomic E-state index is 15.0. The Bertz CT molecular complexity index is 1950. The second-order valence-electron chi connectivity index (χ2n) is 12.0. The number of phenols is 1. The van der Waals surface area contributed by atoms with Gasteiger partial charge in [-0.05, 0) is 74.8 Å². The molecule has 2 aromatic heterocycles. The average molecular weight is 629 g/mol. The van der Waals surface area contributed by atoms with Gasteiger partial charge in [0.2, 0.25) is 0 Å². The third-order valence-electron chi connectivity index (χ3n) is 9.28. The van der Waals surface area contributed by atoms with E-state index >= 15 is 4.39 Å². The summed E-state index contributed by atoms with van der Waals surface area (Å²) in [6, 6.07) is 4.42. The third-order valence-corrected chi connectivity index (χ3v) is 9.28. The number of hydrogen-bond acceptors (Lipinski definition) is 8. The van der Waals surface area contributed by atoms with Crippen LogP contribution in [0.25, 0.3) is 27.4 Å². The molecule has 0 spiro atoms. The Balaban J connectivity index is 1.53. The Labute approximate surface area is 259 Å². The lowest BCUT2D eigenvalue weighted by atomic mass is 9.93. The van der Waals surface area contributed by atoms with Crippen LogP contribution in [0.4, 0.5) is 23.4 Å². The van der Waals surface area contributed by atoms with Gasteiger partial charge in [-0.3, -0.25) is 9.36 Å². The zero-order valence-electron chi connectivity index (χ0n) is 26.8. The molecule has 6 heterocycles. The molecule has 45 heavy (non-hydrogen) atoms. The van der Waals surface area contributed by atoms with Crippen molar-refractivity contribution < 1.29 is 30.1 Å². The van der Waals surface area contributed by atoms with Gasteiger partial charge in [0.25, 0.3) is 5.56 Å². The van der Waals surface area contributed by atoms with E-state index in [4.69, 9.17) is 7.48 Å². The van der Waals surface area contributed by atoms with Crippen LogP contribution in [0.5, 0.6) is 11.8 Å². The Morgan fingerprint density at radius 1 is 1.18 bits per heavy atom. The fraction of sp³-hybridized carbons (Fsp3) is 0.469. The number of likely N-dealkylation sites (tertiary alicyclic amines) is 1. The molecule has 8 rings (SSSR count). The number of likely N-dealkylation sites (N-methyl/N-ethyl adjacent to an activating group) is 1. The summed E-state index contributed by atoms with van der Waals surface area (Å²) >= 11 is 0. The molecule has 0 radical (unpaired) electrons. The SMILES string of the molecule is [2H]C([2H])(Oc1nc(N2CC3CCC2CN3)c2cc(C(F)(F)F)n(-c3cc(O)cc4ccc(F)c(CC)c34)c(=O)c2n1)[C@@H]1CCCN1C. The highest BCUT2D eigenvalue weighted by molar-refractivity contribution is 5.96. The number of phenolic OH excluding ortho intramolecular Hbond substituents is 1. The Morgan fingerprint density at radius 3 is 2.64 bits per heavy atom. The summed E-state index contributed by atoms with van der Waals surface area (Å²) in [5.41, 5.74) is -3.25. The second kappa shape index (κ2) is 11.1. The molecule has 0 amide bonds. The van der Waals surface area contributed by atoms with Crippen LogP contribution in [0.1, 0.15) is 46.6 Å². The molecule has 2 N–H and O–H groups in total. The van der Waals surface area contributed by atoms with Crippen molar-refractivity contribution in [2.45, 2.75) is 63.3 Å². The van der Waals surface area contributed by atoms with Crippen molar-refractivity contribution in [2.75, 3.05) is 38.1 Å². The predicted molar refractivity (Wildman–Crippen MR) is 162 cm³/mol. The molecule has 9 nitrogen and oxygen atoms in total. The van der Waals surface area contributed by atoms with E-state index in [2.05, 4.69) is 15.3 Å². The molecule has 13 heteroatoms. The van der Waals surface area contributed by atoms with Gasteiger partial charge >= 0.3 is 12.2 Å². The maximum Gasteiger partial charge on any atom is 0.431 e. The van der Waals surface area contributed by atoms with Gasteiger partial charge in [0.05, 0.1) is 13.8 Å². The first-order valence-corrected chi connectivity index (χ1v) is 15.2. The van der Waals surface area contributed by atoms with Gasteiger partial charge in [0.1, 0.15) is 35.2 Å². The minimum absolute atomic E-state index is 0.0445. The zero-order chi connectivity index (χ0) is 33.4. The number of halogens is 4. The number of benzene rings is 2. The largest absolute Gasteiger partial charge is 0.508 e. The number of piperazine rings is 1. The number of aromatic nitrogens is 3. The van der Waals surface area contributed by atoms with E-state index in [9.17, 15) is 23.1 Å². The highest BCUT2D eigenvalue weighted by atomic mass is 19.4. The number of nitrogens with one attached hydrogen (secondary N) is 1. The van der Waals surface area contributed by atoms with Crippen LogP contribution < -0.4 is 20.5 Å². The molecule has 0 aliphatic carbocycles. The van der Waals surface area contributed by atoms with E-state index in [1.165, 1.54) is 12.1 Å². The van der Waals surface area contributed by atoms with Gasteiger partial charge in [0, 0.05) is 42.7 Å². The number of ether oxygens (including phenoxy) is 1. The third kappa shape index (κ3) is 5.15. The quantitative estimate of drug-likeness (QED) is 0.295. The van der Waals surface area contributed by atoms with E-state index < -0.39 is 53.1 Å². The molecule has 4 aromatic rings. The summed E-state index contributed by atoms with van der Waals surface area (Å²) in [6.07, 6.45) is -2.09. The van der Waals surface area contributed by atoms with Crippen molar-refractivity contribution in [3.8, 4) is 17.4 Å². The van der Waals surface area contributed by atoms with Crippen molar-refractivity contribution in [3.63, 3.8) is 0 Å². The zero-order valence-corrected chi connectivity index (χ0v) is 24.8. The molecular weight excluding hydrogens is 592 g/mol. The van der Waals surface area contributed by atoms with Gasteiger partial charge in [-0.2, -0.15) is 23.1 Å². The number of piperidine rings is 2. The lowest BCUT2D eigenvalue weighted by Gasteiger charge is -2.46. The second-order valence-corrected chi connectivity index (χ2v) is 12.0. The van der Waals surface area contributed by atoms with Gasteiger partial charge in [-0.1, -0.05) is 13.0 Å². The number of nitrogens with zero attached hydrogens (tertiary/aromatic N) is 5. The van der Waals surface area contributed by atoms with Crippen molar-refractivity contribution in [2.24, 2.45) is 0 Å². The number of pyridine rings is 1. The van der Waals surface area contributed by atoms with Gasteiger partial charge in [-0.15, -0.1) is 0 Å². The van der Waals surface area contributed by atoms with Crippen LogP contribution in [-0.4, -0.2) is 75.9 Å². The van der Waals surface area contributed by atoms with Crippen LogP contribution in [0.15, 0.2) is 35.1 Å². The number of anilines is 1. The van der Waals surface area contributed by atoms with E-state index in [1.807, 2.05) is 9.80 Å². The average Bonchev–Trinajstić information content (AvgIpc) is 3.47. The molecular formula is C32H34F4N6O3. The number of hydrogen-bond donors (Lipinski definition) is 2. The van der Waals surface area contributed by atoms with Crippen molar-refractivity contribution in [1.82, 2.24) is 24.8 Å².